The van der Waals surface area contributed by atoms with E-state index < -0.39 is 11.3 Å². The fraction of sp³-hybridized carbons (Fsp3) is 0.381. The van der Waals surface area contributed by atoms with Crippen LogP contribution in [0.2, 0.25) is 5.02 Å². The Morgan fingerprint density at radius 1 is 1.19 bits per heavy atom. The molecule has 1 aliphatic carbocycles. The van der Waals surface area contributed by atoms with Crippen molar-refractivity contribution in [1.29, 1.82) is 15.8 Å². The number of hydrogen-bond acceptors (Lipinski definition) is 5. The van der Waals surface area contributed by atoms with Gasteiger partial charge in [0.1, 0.15) is 6.07 Å². The molecule has 3 rings (SSSR count). The van der Waals surface area contributed by atoms with Gasteiger partial charge in [-0.15, -0.1) is 0 Å². The van der Waals surface area contributed by atoms with Gasteiger partial charge < -0.3 is 5.73 Å². The Morgan fingerprint density at radius 2 is 1.81 bits per heavy atom. The van der Waals surface area contributed by atoms with E-state index in [1.807, 2.05) is 18.2 Å². The quantitative estimate of drug-likeness (QED) is 0.850. The number of benzene rings is 1. The highest BCUT2D eigenvalue weighted by atomic mass is 35.5. The zero-order valence-electron chi connectivity index (χ0n) is 15.3. The average molecular weight is 378 g/mol. The van der Waals surface area contributed by atoms with Gasteiger partial charge >= 0.3 is 0 Å². The zero-order valence-corrected chi connectivity index (χ0v) is 16.0. The van der Waals surface area contributed by atoms with Crippen LogP contribution in [0.5, 0.6) is 0 Å². The Bertz CT molecular complexity index is 923. The molecule has 2 N–H and O–H groups in total. The highest BCUT2D eigenvalue weighted by Gasteiger charge is 2.54. The highest BCUT2D eigenvalue weighted by molar-refractivity contribution is 6.30. The van der Waals surface area contributed by atoms with E-state index in [0.717, 1.165) is 11.1 Å². The summed E-state index contributed by atoms with van der Waals surface area (Å²) in [6, 6.07) is 13.9. The Balaban J connectivity index is 2.29. The van der Waals surface area contributed by atoms with Crippen molar-refractivity contribution in [3.05, 3.63) is 57.8 Å². The van der Waals surface area contributed by atoms with Crippen molar-refractivity contribution in [2.24, 2.45) is 17.1 Å². The molecule has 136 valence electrons. The van der Waals surface area contributed by atoms with Gasteiger partial charge in [0, 0.05) is 36.0 Å². The Labute approximate surface area is 164 Å². The van der Waals surface area contributed by atoms with Gasteiger partial charge in [0.25, 0.3) is 0 Å². The number of halogens is 1. The second-order valence-corrected chi connectivity index (χ2v) is 7.71. The summed E-state index contributed by atoms with van der Waals surface area (Å²) in [5.74, 6) is -0.654. The molecule has 2 atom stereocenters. The van der Waals surface area contributed by atoms with Crippen molar-refractivity contribution in [3.63, 3.8) is 0 Å². The van der Waals surface area contributed by atoms with Gasteiger partial charge in [-0.25, -0.2) is 0 Å². The minimum atomic E-state index is -1.60. The Hall–Kier alpha value is -2.78. The van der Waals surface area contributed by atoms with E-state index in [9.17, 15) is 15.8 Å². The first-order valence-electron chi connectivity index (χ1n) is 8.82. The van der Waals surface area contributed by atoms with E-state index >= 15 is 0 Å². The van der Waals surface area contributed by atoms with Gasteiger partial charge in [-0.3, -0.25) is 4.90 Å². The smallest absolute Gasteiger partial charge is 0.191 e. The van der Waals surface area contributed by atoms with Crippen LogP contribution in [0.4, 0.5) is 0 Å². The monoisotopic (exact) mass is 377 g/mol. The number of rotatable bonds is 2. The number of nitrogens with zero attached hydrogens (tertiary/aromatic N) is 4. The molecule has 0 aromatic heterocycles. The summed E-state index contributed by atoms with van der Waals surface area (Å²) >= 11 is 6.04. The molecule has 0 fully saturated rings. The summed E-state index contributed by atoms with van der Waals surface area (Å²) in [5.41, 5.74) is 6.67. The first-order valence-corrected chi connectivity index (χ1v) is 9.20. The van der Waals surface area contributed by atoms with Crippen LogP contribution in [-0.2, 0) is 0 Å². The molecule has 1 heterocycles. The van der Waals surface area contributed by atoms with Crippen molar-refractivity contribution in [1.82, 2.24) is 4.90 Å². The van der Waals surface area contributed by atoms with Crippen LogP contribution in [0.3, 0.4) is 0 Å². The van der Waals surface area contributed by atoms with E-state index in [1.165, 1.54) is 0 Å². The van der Waals surface area contributed by atoms with E-state index in [-0.39, 0.29) is 17.2 Å². The molecule has 1 aliphatic heterocycles. The number of fused-ring (bicyclic) bond motifs is 1. The third-order valence-corrected chi connectivity index (χ3v) is 5.90. The first kappa shape index (κ1) is 19.0. The lowest BCUT2D eigenvalue weighted by molar-refractivity contribution is 0.174. The summed E-state index contributed by atoms with van der Waals surface area (Å²) < 4.78 is 0. The minimum absolute atomic E-state index is 0.0513. The number of allylic oxidation sites excluding steroid dienone is 2. The lowest BCUT2D eigenvalue weighted by Gasteiger charge is -2.46. The molecule has 0 spiro atoms. The molecule has 0 saturated heterocycles. The molecule has 0 unspecified atom stereocenters. The van der Waals surface area contributed by atoms with Crippen molar-refractivity contribution < 1.29 is 0 Å². The molecular formula is C21H20ClN5. The van der Waals surface area contributed by atoms with Crippen molar-refractivity contribution in [2.45, 2.75) is 25.8 Å². The van der Waals surface area contributed by atoms with E-state index in [2.05, 4.69) is 37.0 Å². The summed E-state index contributed by atoms with van der Waals surface area (Å²) in [6.07, 6.45) is 2.02. The second-order valence-electron chi connectivity index (χ2n) is 7.27. The summed E-state index contributed by atoms with van der Waals surface area (Å²) in [4.78, 5) is 2.27. The largest absolute Gasteiger partial charge is 0.399 e. The highest BCUT2D eigenvalue weighted by Crippen LogP contribution is 2.54. The normalized spacial score (nSPS) is 24.4. The van der Waals surface area contributed by atoms with Gasteiger partial charge in [0.05, 0.1) is 23.4 Å². The molecule has 5 nitrogen and oxygen atoms in total. The zero-order chi connectivity index (χ0) is 19.8. The SMILES string of the molecule is CC(C)N1CC=C2C(C#N)=C(N)C(C#N)(C#N)[C@H](c3ccc(Cl)cc3)[C@H]2C1. The maximum Gasteiger partial charge on any atom is 0.191 e. The van der Waals surface area contributed by atoms with Crippen LogP contribution in [0.25, 0.3) is 0 Å². The van der Waals surface area contributed by atoms with Crippen LogP contribution < -0.4 is 5.73 Å². The van der Waals surface area contributed by atoms with Gasteiger partial charge in [0.15, 0.2) is 5.41 Å². The topological polar surface area (TPSA) is 101 Å². The standard InChI is InChI=1S/C21H20ClN5/c1-13(2)27-8-7-16-17(9-23)20(26)21(11-24,12-25)19(18(16)10-27)14-3-5-15(22)6-4-14/h3-7,13,18-19H,8,10,26H2,1-2H3/t18-,19+/m0/s1. The van der Waals surface area contributed by atoms with Gasteiger partial charge in [-0.05, 0) is 37.1 Å². The number of nitriles is 3. The van der Waals surface area contributed by atoms with Crippen molar-refractivity contribution in [2.75, 3.05) is 13.1 Å². The van der Waals surface area contributed by atoms with Crippen LogP contribution in [0.15, 0.2) is 47.2 Å². The minimum Gasteiger partial charge on any atom is -0.399 e. The number of nitrogens with two attached hydrogens (primary N) is 1. The van der Waals surface area contributed by atoms with Gasteiger partial charge in [0.2, 0.25) is 0 Å². The summed E-state index contributed by atoms with van der Waals surface area (Å²) in [5, 5.41) is 30.3. The van der Waals surface area contributed by atoms with Crippen LogP contribution in [0.1, 0.15) is 25.3 Å². The van der Waals surface area contributed by atoms with E-state index in [0.29, 0.717) is 24.2 Å². The molecule has 1 aromatic carbocycles. The van der Waals surface area contributed by atoms with Crippen LogP contribution >= 0.6 is 11.6 Å². The third kappa shape index (κ3) is 2.88. The Kier molecular flexibility index (Phi) is 4.99. The van der Waals surface area contributed by atoms with Crippen molar-refractivity contribution >= 4 is 11.6 Å². The molecule has 0 radical (unpaired) electrons. The maximum atomic E-state index is 10.0. The van der Waals surface area contributed by atoms with Gasteiger partial charge in [-0.2, -0.15) is 15.8 Å². The maximum absolute atomic E-state index is 10.0. The third-order valence-electron chi connectivity index (χ3n) is 5.65. The fourth-order valence-corrected chi connectivity index (χ4v) is 4.30. The predicted molar refractivity (Wildman–Crippen MR) is 103 cm³/mol. The van der Waals surface area contributed by atoms with E-state index in [4.69, 9.17) is 17.3 Å². The van der Waals surface area contributed by atoms with Crippen LogP contribution in [-0.4, -0.2) is 24.0 Å². The molecule has 27 heavy (non-hydrogen) atoms. The second kappa shape index (κ2) is 7.09. The molecule has 0 saturated carbocycles. The molecule has 0 bridgehead atoms. The molecule has 0 amide bonds. The Morgan fingerprint density at radius 3 is 2.33 bits per heavy atom. The first-order chi connectivity index (χ1) is 12.9. The lowest BCUT2D eigenvalue weighted by atomic mass is 9.58. The fourth-order valence-electron chi connectivity index (χ4n) is 4.17. The summed E-state index contributed by atoms with van der Waals surface area (Å²) in [6.45, 7) is 5.58. The molecular weight excluding hydrogens is 358 g/mol. The molecule has 2 aliphatic rings. The van der Waals surface area contributed by atoms with E-state index in [1.54, 1.807) is 12.1 Å². The lowest BCUT2D eigenvalue weighted by Crippen LogP contribution is -2.49. The summed E-state index contributed by atoms with van der Waals surface area (Å²) in [7, 11) is 0. The predicted octanol–water partition coefficient (Wildman–Crippen LogP) is 3.47. The molecule has 1 aromatic rings. The number of hydrogen-bond donors (Lipinski definition) is 1. The van der Waals surface area contributed by atoms with Gasteiger partial charge in [-0.1, -0.05) is 29.8 Å². The van der Waals surface area contributed by atoms with Crippen molar-refractivity contribution in [3.8, 4) is 18.2 Å². The molecule has 6 heteroatoms. The van der Waals surface area contributed by atoms with Crippen LogP contribution in [0, 0.1) is 45.3 Å². The average Bonchev–Trinajstić information content (AvgIpc) is 2.67.